The SMILES string of the molecule is O=C(COc1cccc(Cl)c1)CO[P+](=O)OCC(=O)COc1cccc(Cl)c1. The van der Waals surface area contributed by atoms with Crippen LogP contribution >= 0.6 is 31.5 Å². The van der Waals surface area contributed by atoms with E-state index in [9.17, 15) is 14.2 Å². The Morgan fingerprint density at radius 2 is 1.18 bits per heavy atom. The van der Waals surface area contributed by atoms with Crippen molar-refractivity contribution in [3.63, 3.8) is 0 Å². The van der Waals surface area contributed by atoms with Gasteiger partial charge in [-0.2, -0.15) is 0 Å². The topological polar surface area (TPSA) is 88.1 Å². The summed E-state index contributed by atoms with van der Waals surface area (Å²) < 4.78 is 31.6. The normalized spacial score (nSPS) is 10.4. The first kappa shape index (κ1) is 22.3. The highest BCUT2D eigenvalue weighted by Gasteiger charge is 2.24. The van der Waals surface area contributed by atoms with Gasteiger partial charge < -0.3 is 9.47 Å². The van der Waals surface area contributed by atoms with Crippen LogP contribution in [0.5, 0.6) is 11.5 Å². The molecule has 0 aliphatic heterocycles. The van der Waals surface area contributed by atoms with E-state index >= 15 is 0 Å². The lowest BCUT2D eigenvalue weighted by Crippen LogP contribution is -2.17. The zero-order valence-corrected chi connectivity index (χ0v) is 16.9. The first-order chi connectivity index (χ1) is 13.4. The van der Waals surface area contributed by atoms with Crippen LogP contribution in [-0.4, -0.2) is 38.0 Å². The summed E-state index contributed by atoms with van der Waals surface area (Å²) in [6, 6.07) is 13.1. The molecule has 0 unspecified atom stereocenters. The maximum Gasteiger partial charge on any atom is 0.698 e. The first-order valence-electron chi connectivity index (χ1n) is 7.95. The summed E-state index contributed by atoms with van der Waals surface area (Å²) in [6.07, 6.45) is 0. The van der Waals surface area contributed by atoms with Gasteiger partial charge in [0.25, 0.3) is 0 Å². The van der Waals surface area contributed by atoms with E-state index in [2.05, 4.69) is 0 Å². The van der Waals surface area contributed by atoms with Gasteiger partial charge in [0.15, 0.2) is 13.2 Å². The fourth-order valence-corrected chi connectivity index (χ4v) is 2.75. The number of rotatable bonds is 12. The number of hydrogen-bond acceptors (Lipinski definition) is 7. The Morgan fingerprint density at radius 3 is 1.57 bits per heavy atom. The van der Waals surface area contributed by atoms with Crippen LogP contribution in [0, 0.1) is 0 Å². The number of Topliss-reactive ketones (excluding diaryl/α,β-unsaturated/α-hetero) is 2. The first-order valence-corrected chi connectivity index (χ1v) is 9.81. The number of carbonyl (C=O) groups excluding carboxylic acids is 2. The van der Waals surface area contributed by atoms with E-state index in [1.54, 1.807) is 48.5 Å². The van der Waals surface area contributed by atoms with E-state index in [4.69, 9.17) is 41.7 Å². The molecule has 2 aromatic rings. The number of hydrogen-bond donors (Lipinski definition) is 0. The van der Waals surface area contributed by atoms with Crippen LogP contribution in [0.25, 0.3) is 0 Å². The predicted molar refractivity (Wildman–Crippen MR) is 103 cm³/mol. The van der Waals surface area contributed by atoms with E-state index in [-0.39, 0.29) is 13.2 Å². The highest BCUT2D eigenvalue weighted by Crippen LogP contribution is 2.23. The molecule has 0 radical (unpaired) electrons. The maximum absolute atomic E-state index is 11.7. The lowest BCUT2D eigenvalue weighted by atomic mass is 10.3. The monoisotopic (exact) mass is 445 g/mol. The third-order valence-corrected chi connectivity index (χ3v) is 4.20. The molecule has 0 heterocycles. The number of ketones is 2. The highest BCUT2D eigenvalue weighted by molar-refractivity contribution is 7.33. The molecule has 0 fully saturated rings. The van der Waals surface area contributed by atoms with E-state index in [0.29, 0.717) is 21.5 Å². The number of halogens is 2. The summed E-state index contributed by atoms with van der Waals surface area (Å²) in [4.78, 5) is 23.3. The van der Waals surface area contributed by atoms with Crippen molar-refractivity contribution in [3.05, 3.63) is 58.6 Å². The summed E-state index contributed by atoms with van der Waals surface area (Å²) in [5.74, 6) is -0.0661. The molecule has 2 aromatic carbocycles. The fourth-order valence-electron chi connectivity index (χ4n) is 1.81. The van der Waals surface area contributed by atoms with Crippen LogP contribution < -0.4 is 9.47 Å². The standard InChI is InChI=1S/C18H16Cl2O7P/c19-13-3-1-5-17(7-13)24-9-15(21)11-26-28(23)27-12-16(22)10-25-18-6-2-4-14(20)8-18/h1-8H,9-12H2/q+1. The maximum atomic E-state index is 11.7. The molecule has 0 saturated carbocycles. The minimum absolute atomic E-state index is 0.282. The van der Waals surface area contributed by atoms with Crippen LogP contribution in [0.4, 0.5) is 0 Å². The van der Waals surface area contributed by atoms with Gasteiger partial charge in [-0.1, -0.05) is 35.3 Å². The fraction of sp³-hybridized carbons (Fsp3) is 0.222. The second-order valence-electron chi connectivity index (χ2n) is 5.34. The van der Waals surface area contributed by atoms with E-state index in [1.165, 1.54) is 0 Å². The van der Waals surface area contributed by atoms with E-state index in [0.717, 1.165) is 0 Å². The molecule has 0 saturated heterocycles. The highest BCUT2D eigenvalue weighted by atomic mass is 35.5. The average molecular weight is 446 g/mol. The van der Waals surface area contributed by atoms with Crippen molar-refractivity contribution >= 4 is 43.0 Å². The van der Waals surface area contributed by atoms with Crippen molar-refractivity contribution in [1.29, 1.82) is 0 Å². The molecule has 148 valence electrons. The van der Waals surface area contributed by atoms with Gasteiger partial charge in [0.05, 0.1) is 0 Å². The molecule has 0 spiro atoms. The van der Waals surface area contributed by atoms with Crippen molar-refractivity contribution in [2.75, 3.05) is 26.4 Å². The lowest BCUT2D eigenvalue weighted by Gasteiger charge is -2.04. The van der Waals surface area contributed by atoms with Crippen LogP contribution in [0.15, 0.2) is 48.5 Å². The number of ether oxygens (including phenoxy) is 2. The third-order valence-electron chi connectivity index (χ3n) is 3.05. The molecule has 0 atom stereocenters. The Hall–Kier alpha value is -2.02. The Labute approximate surface area is 172 Å². The molecule has 7 nitrogen and oxygen atoms in total. The van der Waals surface area contributed by atoms with Crippen molar-refractivity contribution in [2.45, 2.75) is 0 Å². The second kappa shape index (κ2) is 11.7. The quantitative estimate of drug-likeness (QED) is 0.450. The van der Waals surface area contributed by atoms with Gasteiger partial charge in [0.2, 0.25) is 11.6 Å². The van der Waals surface area contributed by atoms with Crippen molar-refractivity contribution < 1.29 is 32.7 Å². The Bertz CT molecular complexity index is 777. The van der Waals surface area contributed by atoms with Gasteiger partial charge in [-0.25, -0.2) is 0 Å². The number of benzene rings is 2. The van der Waals surface area contributed by atoms with Crippen LogP contribution in [0.3, 0.4) is 0 Å². The van der Waals surface area contributed by atoms with Gasteiger partial charge in [-0.3, -0.25) is 9.59 Å². The van der Waals surface area contributed by atoms with Gasteiger partial charge in [-0.15, -0.1) is 9.05 Å². The molecule has 0 amide bonds. The van der Waals surface area contributed by atoms with E-state index < -0.39 is 33.0 Å². The molecule has 0 aliphatic rings. The zero-order valence-electron chi connectivity index (χ0n) is 14.5. The van der Waals surface area contributed by atoms with Gasteiger partial charge in [-0.05, 0) is 36.4 Å². The summed E-state index contributed by atoms with van der Waals surface area (Å²) >= 11 is 11.6. The summed E-state index contributed by atoms with van der Waals surface area (Å²) in [5.41, 5.74) is 0. The second-order valence-corrected chi connectivity index (χ2v) is 7.18. The summed E-state index contributed by atoms with van der Waals surface area (Å²) in [7, 11) is -2.63. The summed E-state index contributed by atoms with van der Waals surface area (Å²) in [5, 5.41) is 0.948. The largest absolute Gasteiger partial charge is 0.698 e. The van der Waals surface area contributed by atoms with Crippen LogP contribution in [0.2, 0.25) is 10.0 Å². The van der Waals surface area contributed by atoms with Gasteiger partial charge >= 0.3 is 8.25 Å². The minimum Gasteiger partial charge on any atom is -0.486 e. The zero-order chi connectivity index (χ0) is 20.4. The van der Waals surface area contributed by atoms with Gasteiger partial charge in [0, 0.05) is 14.6 Å². The Kier molecular flexibility index (Phi) is 9.34. The molecule has 0 aliphatic carbocycles. The average Bonchev–Trinajstić information content (AvgIpc) is 2.67. The van der Waals surface area contributed by atoms with Crippen molar-refractivity contribution in [2.24, 2.45) is 0 Å². The smallest absolute Gasteiger partial charge is 0.486 e. The molecular weight excluding hydrogens is 430 g/mol. The van der Waals surface area contributed by atoms with Gasteiger partial charge in [0.1, 0.15) is 24.7 Å². The molecule has 0 bridgehead atoms. The van der Waals surface area contributed by atoms with Crippen LogP contribution in [0.1, 0.15) is 0 Å². The molecule has 2 rings (SSSR count). The molecule has 28 heavy (non-hydrogen) atoms. The lowest BCUT2D eigenvalue weighted by molar-refractivity contribution is -0.123. The van der Waals surface area contributed by atoms with Crippen molar-refractivity contribution in [1.82, 2.24) is 0 Å². The molecule has 10 heteroatoms. The Balaban J connectivity index is 1.59. The predicted octanol–water partition coefficient (Wildman–Crippen LogP) is 4.28. The van der Waals surface area contributed by atoms with E-state index in [1.807, 2.05) is 0 Å². The third kappa shape index (κ3) is 8.78. The van der Waals surface area contributed by atoms with Crippen LogP contribution in [-0.2, 0) is 23.2 Å². The number of carbonyl (C=O) groups is 2. The minimum atomic E-state index is -2.63. The van der Waals surface area contributed by atoms with Crippen molar-refractivity contribution in [3.8, 4) is 11.5 Å². The Morgan fingerprint density at radius 1 is 0.750 bits per heavy atom. The molecular formula is C18H16Cl2O7P+. The molecule has 0 aromatic heterocycles. The molecule has 0 N–H and O–H groups in total. The summed E-state index contributed by atoms with van der Waals surface area (Å²) in [6.45, 7) is -1.53.